The van der Waals surface area contributed by atoms with Gasteiger partial charge in [-0.15, -0.1) is 0 Å². The zero-order chi connectivity index (χ0) is 13.7. The molecule has 2 aromatic rings. The van der Waals surface area contributed by atoms with Gasteiger partial charge in [-0.25, -0.2) is 0 Å². The standard InChI is InChI=1S/C15H13Cl2NO/c16-12-7-4-8-13(17)15(12)18-14(19)10-9-11-5-2-1-3-6-11/h1-8H,9-10H2,(H,18,19). The monoisotopic (exact) mass is 293 g/mol. The van der Waals surface area contributed by atoms with Gasteiger partial charge >= 0.3 is 0 Å². The van der Waals surface area contributed by atoms with E-state index in [-0.39, 0.29) is 5.91 Å². The van der Waals surface area contributed by atoms with Crippen molar-refractivity contribution in [3.8, 4) is 0 Å². The lowest BCUT2D eigenvalue weighted by atomic mass is 10.1. The van der Waals surface area contributed by atoms with Gasteiger partial charge in [0.1, 0.15) is 0 Å². The number of para-hydroxylation sites is 1. The van der Waals surface area contributed by atoms with E-state index in [1.54, 1.807) is 18.2 Å². The molecule has 0 atom stereocenters. The van der Waals surface area contributed by atoms with Crippen molar-refractivity contribution in [2.45, 2.75) is 12.8 Å². The molecule has 0 aromatic heterocycles. The lowest BCUT2D eigenvalue weighted by Crippen LogP contribution is -2.13. The van der Waals surface area contributed by atoms with Gasteiger partial charge in [-0.3, -0.25) is 4.79 Å². The number of carbonyl (C=O) groups excluding carboxylic acids is 1. The van der Waals surface area contributed by atoms with E-state index in [0.717, 1.165) is 5.56 Å². The molecule has 4 heteroatoms. The number of rotatable bonds is 4. The van der Waals surface area contributed by atoms with Crippen molar-refractivity contribution in [3.05, 3.63) is 64.1 Å². The summed E-state index contributed by atoms with van der Waals surface area (Å²) in [6.45, 7) is 0. The maximum Gasteiger partial charge on any atom is 0.224 e. The predicted octanol–water partition coefficient (Wildman–Crippen LogP) is 4.56. The molecule has 0 aliphatic rings. The molecule has 98 valence electrons. The predicted molar refractivity (Wildman–Crippen MR) is 79.9 cm³/mol. The number of hydrogen-bond donors (Lipinski definition) is 1. The molecule has 0 radical (unpaired) electrons. The van der Waals surface area contributed by atoms with Crippen LogP contribution in [0.5, 0.6) is 0 Å². The third-order valence-electron chi connectivity index (χ3n) is 2.71. The van der Waals surface area contributed by atoms with Crippen LogP contribution in [0.25, 0.3) is 0 Å². The van der Waals surface area contributed by atoms with E-state index >= 15 is 0 Å². The molecule has 0 saturated heterocycles. The Bertz CT molecular complexity index is 549. The highest BCUT2D eigenvalue weighted by molar-refractivity contribution is 6.39. The summed E-state index contributed by atoms with van der Waals surface area (Å²) >= 11 is 12.0. The molecule has 2 rings (SSSR count). The van der Waals surface area contributed by atoms with Gasteiger partial charge in [-0.1, -0.05) is 59.6 Å². The molecule has 1 N–H and O–H groups in total. The molecule has 0 spiro atoms. The summed E-state index contributed by atoms with van der Waals surface area (Å²) in [5, 5.41) is 3.64. The van der Waals surface area contributed by atoms with Crippen molar-refractivity contribution < 1.29 is 4.79 Å². The minimum absolute atomic E-state index is 0.0983. The number of anilines is 1. The number of aryl methyl sites for hydroxylation is 1. The van der Waals surface area contributed by atoms with Crippen LogP contribution in [0.3, 0.4) is 0 Å². The first-order valence-corrected chi connectivity index (χ1v) is 6.70. The molecular weight excluding hydrogens is 281 g/mol. The Morgan fingerprint density at radius 3 is 2.21 bits per heavy atom. The van der Waals surface area contributed by atoms with Gasteiger partial charge in [0, 0.05) is 6.42 Å². The third-order valence-corrected chi connectivity index (χ3v) is 3.34. The molecule has 0 aliphatic carbocycles. The molecule has 1 amide bonds. The van der Waals surface area contributed by atoms with Crippen molar-refractivity contribution in [3.63, 3.8) is 0 Å². The van der Waals surface area contributed by atoms with E-state index in [1.165, 1.54) is 0 Å². The number of carbonyl (C=O) groups is 1. The first-order valence-electron chi connectivity index (χ1n) is 5.94. The Kier molecular flexibility index (Phi) is 4.83. The van der Waals surface area contributed by atoms with Gasteiger partial charge in [0.2, 0.25) is 5.91 Å². The minimum Gasteiger partial charge on any atom is -0.324 e. The number of benzene rings is 2. The van der Waals surface area contributed by atoms with Crippen molar-refractivity contribution in [1.29, 1.82) is 0 Å². The second kappa shape index (κ2) is 6.60. The molecule has 0 fully saturated rings. The lowest BCUT2D eigenvalue weighted by molar-refractivity contribution is -0.116. The Labute approximate surface area is 122 Å². The fraction of sp³-hybridized carbons (Fsp3) is 0.133. The van der Waals surface area contributed by atoms with Crippen LogP contribution < -0.4 is 5.32 Å². The summed E-state index contributed by atoms with van der Waals surface area (Å²) in [4.78, 5) is 11.9. The van der Waals surface area contributed by atoms with Crippen LogP contribution in [0.15, 0.2) is 48.5 Å². The fourth-order valence-corrected chi connectivity index (χ4v) is 2.21. The SMILES string of the molecule is O=C(CCc1ccccc1)Nc1c(Cl)cccc1Cl. The Morgan fingerprint density at radius 1 is 0.947 bits per heavy atom. The zero-order valence-electron chi connectivity index (χ0n) is 10.2. The number of nitrogens with one attached hydrogen (secondary N) is 1. The van der Waals surface area contributed by atoms with Crippen LogP contribution in [0.2, 0.25) is 10.0 Å². The highest BCUT2D eigenvalue weighted by Crippen LogP contribution is 2.29. The number of amides is 1. The summed E-state index contributed by atoms with van der Waals surface area (Å²) in [7, 11) is 0. The van der Waals surface area contributed by atoms with Crippen LogP contribution in [-0.4, -0.2) is 5.91 Å². The molecule has 0 heterocycles. The average Bonchev–Trinajstić information content (AvgIpc) is 2.42. The smallest absolute Gasteiger partial charge is 0.224 e. The highest BCUT2D eigenvalue weighted by Gasteiger charge is 2.09. The van der Waals surface area contributed by atoms with Gasteiger partial charge in [0.05, 0.1) is 15.7 Å². The molecule has 0 bridgehead atoms. The van der Waals surface area contributed by atoms with E-state index in [9.17, 15) is 4.79 Å². The normalized spacial score (nSPS) is 10.2. The Balaban J connectivity index is 1.95. The van der Waals surface area contributed by atoms with E-state index < -0.39 is 0 Å². The summed E-state index contributed by atoms with van der Waals surface area (Å²) in [6, 6.07) is 15.0. The average molecular weight is 294 g/mol. The van der Waals surface area contributed by atoms with E-state index in [2.05, 4.69) is 5.32 Å². The van der Waals surface area contributed by atoms with Gasteiger partial charge in [0.15, 0.2) is 0 Å². The first-order chi connectivity index (χ1) is 9.16. The van der Waals surface area contributed by atoms with Gasteiger partial charge in [-0.05, 0) is 24.1 Å². The summed E-state index contributed by atoms with van der Waals surface area (Å²) in [5.74, 6) is -0.0983. The zero-order valence-corrected chi connectivity index (χ0v) is 11.7. The maximum absolute atomic E-state index is 11.9. The van der Waals surface area contributed by atoms with E-state index in [0.29, 0.717) is 28.6 Å². The number of halogens is 2. The van der Waals surface area contributed by atoms with Crippen LogP contribution >= 0.6 is 23.2 Å². The first kappa shape index (κ1) is 13.9. The van der Waals surface area contributed by atoms with Crippen LogP contribution in [0.1, 0.15) is 12.0 Å². The number of hydrogen-bond acceptors (Lipinski definition) is 1. The molecule has 2 nitrogen and oxygen atoms in total. The maximum atomic E-state index is 11.9. The third kappa shape index (κ3) is 3.98. The molecule has 2 aromatic carbocycles. The summed E-state index contributed by atoms with van der Waals surface area (Å²) in [6.07, 6.45) is 1.08. The molecule has 19 heavy (non-hydrogen) atoms. The summed E-state index contributed by atoms with van der Waals surface area (Å²) in [5.41, 5.74) is 1.60. The Hall–Kier alpha value is -1.51. The van der Waals surface area contributed by atoms with Gasteiger partial charge < -0.3 is 5.32 Å². The molecule has 0 unspecified atom stereocenters. The van der Waals surface area contributed by atoms with Crippen molar-refractivity contribution in [1.82, 2.24) is 0 Å². The van der Waals surface area contributed by atoms with E-state index in [1.807, 2.05) is 30.3 Å². The van der Waals surface area contributed by atoms with Crippen molar-refractivity contribution in [2.24, 2.45) is 0 Å². The van der Waals surface area contributed by atoms with Crippen molar-refractivity contribution >= 4 is 34.8 Å². The Morgan fingerprint density at radius 2 is 1.58 bits per heavy atom. The molecule has 0 aliphatic heterocycles. The quantitative estimate of drug-likeness (QED) is 0.879. The van der Waals surface area contributed by atoms with Crippen molar-refractivity contribution in [2.75, 3.05) is 5.32 Å². The highest BCUT2D eigenvalue weighted by atomic mass is 35.5. The second-order valence-corrected chi connectivity index (χ2v) is 4.94. The second-order valence-electron chi connectivity index (χ2n) is 4.13. The fourth-order valence-electron chi connectivity index (χ4n) is 1.72. The molecular formula is C15H13Cl2NO. The lowest BCUT2D eigenvalue weighted by Gasteiger charge is -2.09. The van der Waals surface area contributed by atoms with Gasteiger partial charge in [-0.2, -0.15) is 0 Å². The topological polar surface area (TPSA) is 29.1 Å². The minimum atomic E-state index is -0.0983. The molecule has 0 saturated carbocycles. The van der Waals surface area contributed by atoms with Crippen LogP contribution in [0.4, 0.5) is 5.69 Å². The van der Waals surface area contributed by atoms with Crippen LogP contribution in [-0.2, 0) is 11.2 Å². The van der Waals surface area contributed by atoms with Crippen LogP contribution in [0, 0.1) is 0 Å². The van der Waals surface area contributed by atoms with Gasteiger partial charge in [0.25, 0.3) is 0 Å². The van der Waals surface area contributed by atoms with E-state index in [4.69, 9.17) is 23.2 Å². The largest absolute Gasteiger partial charge is 0.324 e. The summed E-state index contributed by atoms with van der Waals surface area (Å²) < 4.78 is 0.